The van der Waals surface area contributed by atoms with Gasteiger partial charge in [-0.3, -0.25) is 4.79 Å². The third-order valence-corrected chi connectivity index (χ3v) is 4.22. The third kappa shape index (κ3) is 7.24. The Morgan fingerprint density at radius 2 is 1.56 bits per heavy atom. The van der Waals surface area contributed by atoms with Crippen LogP contribution in [0.25, 0.3) is 0 Å². The van der Waals surface area contributed by atoms with Crippen LogP contribution in [-0.4, -0.2) is 31.0 Å². The molecule has 0 heterocycles. The second-order valence-corrected chi connectivity index (χ2v) is 7.79. The highest BCUT2D eigenvalue weighted by Gasteiger charge is 2.22. The number of hydrogen-bond donors (Lipinski definition) is 1. The Labute approximate surface area is 169 Å². The molecule has 2 aromatic carbocycles. The highest BCUT2D eigenvalue weighted by atomic mass is 35.5. The van der Waals surface area contributed by atoms with Crippen molar-refractivity contribution in [3.63, 3.8) is 0 Å². The van der Waals surface area contributed by atoms with Crippen LogP contribution in [0, 0.1) is 5.41 Å². The average Bonchev–Trinajstić information content (AvgIpc) is 2.64. The van der Waals surface area contributed by atoms with Gasteiger partial charge in [-0.2, -0.15) is 0 Å². The summed E-state index contributed by atoms with van der Waals surface area (Å²) in [6.07, 6.45) is 0.812. The van der Waals surface area contributed by atoms with Crippen molar-refractivity contribution in [2.24, 2.45) is 11.1 Å². The van der Waals surface area contributed by atoms with Crippen LogP contribution in [0.4, 0.5) is 0 Å². The minimum atomic E-state index is 0. The summed E-state index contributed by atoms with van der Waals surface area (Å²) in [6, 6.07) is 15.6. The Hall–Kier alpha value is -2.04. The van der Waals surface area contributed by atoms with Gasteiger partial charge in [-0.05, 0) is 47.2 Å². The van der Waals surface area contributed by atoms with Crippen molar-refractivity contribution in [1.82, 2.24) is 4.90 Å². The Bertz CT molecular complexity index is 707. The van der Waals surface area contributed by atoms with E-state index in [0.717, 1.165) is 17.7 Å². The largest absolute Gasteiger partial charge is 0.497 e. The number of halogens is 1. The molecule has 148 valence electrons. The maximum Gasteiger partial charge on any atom is 0.253 e. The maximum absolute atomic E-state index is 13.0. The molecule has 0 aliphatic rings. The molecule has 0 atom stereocenters. The molecule has 1 amide bonds. The van der Waals surface area contributed by atoms with E-state index in [2.05, 4.69) is 32.9 Å². The zero-order chi connectivity index (χ0) is 19.2. The summed E-state index contributed by atoms with van der Waals surface area (Å²) >= 11 is 0. The van der Waals surface area contributed by atoms with Crippen LogP contribution in [0.15, 0.2) is 48.5 Å². The first-order valence-electron chi connectivity index (χ1n) is 9.03. The van der Waals surface area contributed by atoms with E-state index in [-0.39, 0.29) is 23.7 Å². The molecule has 5 heteroatoms. The fourth-order valence-corrected chi connectivity index (χ4v) is 2.85. The van der Waals surface area contributed by atoms with Crippen molar-refractivity contribution in [3.05, 3.63) is 65.2 Å². The van der Waals surface area contributed by atoms with E-state index in [1.165, 1.54) is 5.56 Å². The summed E-state index contributed by atoms with van der Waals surface area (Å²) in [6.45, 7) is 8.33. The Balaban J connectivity index is 0.00000364. The van der Waals surface area contributed by atoms with Crippen molar-refractivity contribution in [3.8, 4) is 5.75 Å². The zero-order valence-corrected chi connectivity index (χ0v) is 17.5. The van der Waals surface area contributed by atoms with E-state index in [9.17, 15) is 4.79 Å². The summed E-state index contributed by atoms with van der Waals surface area (Å²) in [5, 5.41) is 0. The number of amides is 1. The molecule has 0 bridgehead atoms. The molecular weight excluding hydrogens is 360 g/mol. The van der Waals surface area contributed by atoms with Gasteiger partial charge in [0.25, 0.3) is 5.91 Å². The summed E-state index contributed by atoms with van der Waals surface area (Å²) in [5.41, 5.74) is 8.61. The first-order valence-corrected chi connectivity index (χ1v) is 9.03. The minimum absolute atomic E-state index is 0. The van der Waals surface area contributed by atoms with Gasteiger partial charge in [-0.15, -0.1) is 12.4 Å². The fourth-order valence-electron chi connectivity index (χ4n) is 2.85. The molecule has 27 heavy (non-hydrogen) atoms. The van der Waals surface area contributed by atoms with Crippen molar-refractivity contribution < 1.29 is 9.53 Å². The van der Waals surface area contributed by atoms with Gasteiger partial charge in [0.1, 0.15) is 5.75 Å². The standard InChI is InChI=1S/C22H30N2O2.ClH/c1-22(2,3)16-24(14-13-17-7-11-20(26-4)12-8-17)21(25)19-9-5-18(15-23)6-10-19;/h5-12H,13-16,23H2,1-4H3;1H. The van der Waals surface area contributed by atoms with Crippen molar-refractivity contribution in [2.75, 3.05) is 20.2 Å². The van der Waals surface area contributed by atoms with Gasteiger partial charge in [0.2, 0.25) is 0 Å². The van der Waals surface area contributed by atoms with E-state index in [0.29, 0.717) is 25.2 Å². The first kappa shape index (κ1) is 23.0. The van der Waals surface area contributed by atoms with Crippen LogP contribution < -0.4 is 10.5 Å². The number of ether oxygens (including phenoxy) is 1. The number of nitrogens with two attached hydrogens (primary N) is 1. The molecule has 0 fully saturated rings. The predicted molar refractivity (Wildman–Crippen MR) is 114 cm³/mol. The van der Waals surface area contributed by atoms with Gasteiger partial charge in [0.15, 0.2) is 0 Å². The first-order chi connectivity index (χ1) is 12.3. The summed E-state index contributed by atoms with van der Waals surface area (Å²) in [5.74, 6) is 0.911. The van der Waals surface area contributed by atoms with Gasteiger partial charge >= 0.3 is 0 Å². The lowest BCUT2D eigenvalue weighted by Crippen LogP contribution is -2.39. The SMILES string of the molecule is COc1ccc(CCN(CC(C)(C)C)C(=O)c2ccc(CN)cc2)cc1.Cl. The molecule has 2 rings (SSSR count). The van der Waals surface area contributed by atoms with E-state index in [1.54, 1.807) is 7.11 Å². The summed E-state index contributed by atoms with van der Waals surface area (Å²) in [7, 11) is 1.66. The van der Waals surface area contributed by atoms with Crippen LogP contribution in [0.2, 0.25) is 0 Å². The molecule has 0 unspecified atom stereocenters. The van der Waals surface area contributed by atoms with Crippen molar-refractivity contribution >= 4 is 18.3 Å². The molecule has 0 aliphatic carbocycles. The van der Waals surface area contributed by atoms with E-state index < -0.39 is 0 Å². The number of carbonyl (C=O) groups is 1. The number of rotatable bonds is 7. The lowest BCUT2D eigenvalue weighted by atomic mass is 9.95. The van der Waals surface area contributed by atoms with Gasteiger partial charge < -0.3 is 15.4 Å². The summed E-state index contributed by atoms with van der Waals surface area (Å²) in [4.78, 5) is 15.0. The molecule has 2 aromatic rings. The topological polar surface area (TPSA) is 55.6 Å². The van der Waals surface area contributed by atoms with E-state index in [4.69, 9.17) is 10.5 Å². The van der Waals surface area contributed by atoms with Crippen molar-refractivity contribution in [1.29, 1.82) is 0 Å². The van der Waals surface area contributed by atoms with E-state index >= 15 is 0 Å². The molecular formula is C22H31ClN2O2. The molecule has 0 radical (unpaired) electrons. The Kier molecular flexibility index (Phi) is 8.80. The Morgan fingerprint density at radius 1 is 1.00 bits per heavy atom. The maximum atomic E-state index is 13.0. The molecule has 0 saturated heterocycles. The van der Waals surface area contributed by atoms with Crippen LogP contribution in [0.1, 0.15) is 42.3 Å². The second-order valence-electron chi connectivity index (χ2n) is 7.79. The van der Waals surface area contributed by atoms with Gasteiger partial charge in [-0.1, -0.05) is 45.0 Å². The molecule has 2 N–H and O–H groups in total. The summed E-state index contributed by atoms with van der Waals surface area (Å²) < 4.78 is 5.20. The number of methoxy groups -OCH3 is 1. The van der Waals surface area contributed by atoms with Crippen LogP contribution >= 0.6 is 12.4 Å². The highest BCUT2D eigenvalue weighted by Crippen LogP contribution is 2.19. The number of nitrogens with zero attached hydrogens (tertiary/aromatic N) is 1. The molecule has 0 aliphatic heterocycles. The minimum Gasteiger partial charge on any atom is -0.497 e. The number of carbonyl (C=O) groups excluding carboxylic acids is 1. The Morgan fingerprint density at radius 3 is 2.04 bits per heavy atom. The predicted octanol–water partition coefficient (Wildman–Crippen LogP) is 4.31. The molecule has 0 spiro atoms. The third-order valence-electron chi connectivity index (χ3n) is 4.22. The van der Waals surface area contributed by atoms with Crippen molar-refractivity contribution in [2.45, 2.75) is 33.7 Å². The van der Waals surface area contributed by atoms with Gasteiger partial charge in [0, 0.05) is 25.2 Å². The van der Waals surface area contributed by atoms with Crippen LogP contribution in [0.5, 0.6) is 5.75 Å². The van der Waals surface area contributed by atoms with Crippen LogP contribution in [0.3, 0.4) is 0 Å². The smallest absolute Gasteiger partial charge is 0.253 e. The average molecular weight is 391 g/mol. The normalized spacial score (nSPS) is 10.9. The molecule has 0 saturated carbocycles. The van der Waals surface area contributed by atoms with Gasteiger partial charge in [-0.25, -0.2) is 0 Å². The van der Waals surface area contributed by atoms with Crippen LogP contribution in [-0.2, 0) is 13.0 Å². The van der Waals surface area contributed by atoms with E-state index in [1.807, 2.05) is 41.3 Å². The number of benzene rings is 2. The lowest BCUT2D eigenvalue weighted by Gasteiger charge is -2.30. The highest BCUT2D eigenvalue weighted by molar-refractivity contribution is 5.94. The fraction of sp³-hybridized carbons (Fsp3) is 0.409. The lowest BCUT2D eigenvalue weighted by molar-refractivity contribution is 0.0698. The van der Waals surface area contributed by atoms with Gasteiger partial charge in [0.05, 0.1) is 7.11 Å². The monoisotopic (exact) mass is 390 g/mol. The molecule has 0 aromatic heterocycles. The quantitative estimate of drug-likeness (QED) is 0.766. The number of hydrogen-bond acceptors (Lipinski definition) is 3. The zero-order valence-electron chi connectivity index (χ0n) is 16.7. The molecule has 4 nitrogen and oxygen atoms in total. The second kappa shape index (κ2) is 10.3.